The highest BCUT2D eigenvalue weighted by Crippen LogP contribution is 2.36. The fraction of sp³-hybridized carbons (Fsp3) is 0.435. The molecule has 0 amide bonds. The molecule has 2 atom stereocenters. The zero-order valence-corrected chi connectivity index (χ0v) is 16.0. The maximum absolute atomic E-state index is 14.2. The summed E-state index contributed by atoms with van der Waals surface area (Å²) < 4.78 is 25.1. The van der Waals surface area contributed by atoms with Crippen LogP contribution in [0, 0.1) is 30.0 Å². The van der Waals surface area contributed by atoms with Crippen LogP contribution in [-0.4, -0.2) is 19.7 Å². The quantitative estimate of drug-likeness (QED) is 0.421. The number of methoxy groups -OCH3 is 1. The molecule has 1 aliphatic rings. The van der Waals surface area contributed by atoms with Crippen molar-refractivity contribution < 1.29 is 18.7 Å². The van der Waals surface area contributed by atoms with Gasteiger partial charge in [-0.2, -0.15) is 0 Å². The molecule has 0 bridgehead atoms. The van der Waals surface area contributed by atoms with Crippen LogP contribution < -0.4 is 4.74 Å². The van der Waals surface area contributed by atoms with Crippen molar-refractivity contribution in [2.75, 3.05) is 13.7 Å². The maximum atomic E-state index is 14.2. The Morgan fingerprint density at radius 2 is 2.11 bits per heavy atom. The lowest BCUT2D eigenvalue weighted by molar-refractivity contribution is -0.140. The summed E-state index contributed by atoms with van der Waals surface area (Å²) in [5, 5.41) is 1.49. The first-order chi connectivity index (χ1) is 13.0. The Kier molecular flexibility index (Phi) is 5.82. The van der Waals surface area contributed by atoms with Gasteiger partial charge in [-0.3, -0.25) is 4.79 Å². The highest BCUT2D eigenvalue weighted by Gasteiger charge is 2.34. The summed E-state index contributed by atoms with van der Waals surface area (Å²) in [5.41, 5.74) is 1.13. The molecule has 3 nitrogen and oxygen atoms in total. The summed E-state index contributed by atoms with van der Waals surface area (Å²) in [5.74, 6) is 2.48. The number of fused-ring (bicyclic) bond motifs is 1. The van der Waals surface area contributed by atoms with E-state index in [9.17, 15) is 9.18 Å². The monoisotopic (exact) mass is 368 g/mol. The van der Waals surface area contributed by atoms with Crippen molar-refractivity contribution in [1.29, 1.82) is 0 Å². The van der Waals surface area contributed by atoms with Crippen LogP contribution in [0.2, 0.25) is 0 Å². The molecule has 4 heteroatoms. The molecule has 3 rings (SSSR count). The molecule has 2 aromatic rings. The summed E-state index contributed by atoms with van der Waals surface area (Å²) in [6, 6.07) is 6.61. The molecule has 27 heavy (non-hydrogen) atoms. The van der Waals surface area contributed by atoms with E-state index < -0.39 is 5.82 Å². The summed E-state index contributed by atoms with van der Waals surface area (Å²) in [6.07, 6.45) is 8.35. The molecule has 0 aliphatic heterocycles. The Morgan fingerprint density at radius 3 is 2.78 bits per heavy atom. The summed E-state index contributed by atoms with van der Waals surface area (Å²) >= 11 is 0. The van der Waals surface area contributed by atoms with Gasteiger partial charge in [0.1, 0.15) is 11.6 Å². The van der Waals surface area contributed by atoms with Crippen LogP contribution in [0.4, 0.5) is 4.39 Å². The van der Waals surface area contributed by atoms with E-state index in [1.807, 2.05) is 19.9 Å². The van der Waals surface area contributed by atoms with E-state index in [4.69, 9.17) is 15.9 Å². The normalized spacial score (nSPS) is 19.4. The number of benzene rings is 2. The van der Waals surface area contributed by atoms with E-state index in [2.05, 4.69) is 5.92 Å². The summed E-state index contributed by atoms with van der Waals surface area (Å²) in [4.78, 5) is 12.7. The molecule has 142 valence electrons. The number of terminal acetylenes is 1. The first-order valence-electron chi connectivity index (χ1n) is 9.39. The second-order valence-electron chi connectivity index (χ2n) is 7.51. The van der Waals surface area contributed by atoms with Gasteiger partial charge >= 0.3 is 5.97 Å². The second kappa shape index (κ2) is 8.10. The van der Waals surface area contributed by atoms with Crippen LogP contribution in [0.1, 0.15) is 50.2 Å². The molecule has 1 saturated carbocycles. The zero-order chi connectivity index (χ0) is 19.6. The molecule has 2 aromatic carbocycles. The van der Waals surface area contributed by atoms with E-state index in [0.717, 1.165) is 30.2 Å². The Hall–Kier alpha value is -2.38. The van der Waals surface area contributed by atoms with Crippen LogP contribution in [-0.2, 0) is 9.53 Å². The standard InChI is InChI=1S/C23H25FO3/c1-5-18-21(24)10-9-15-11-17(12-20(14(2)3)22(15)18)27-23(25)19-8-6-7-16(19)13-26-4/h1,9-12,14,16,19H,6-8,13H2,2-4H3/t16-,19?/m0/s1. The number of hydrogen-bond donors (Lipinski definition) is 0. The van der Waals surface area contributed by atoms with Crippen molar-refractivity contribution in [2.45, 2.75) is 39.0 Å². The highest BCUT2D eigenvalue weighted by atomic mass is 19.1. The van der Waals surface area contributed by atoms with Gasteiger partial charge in [0.25, 0.3) is 0 Å². The topological polar surface area (TPSA) is 35.5 Å². The fourth-order valence-corrected chi connectivity index (χ4v) is 4.05. The first kappa shape index (κ1) is 19.4. The minimum atomic E-state index is -0.412. The van der Waals surface area contributed by atoms with Crippen molar-refractivity contribution in [3.8, 4) is 18.1 Å². The molecule has 0 spiro atoms. The van der Waals surface area contributed by atoms with Crippen LogP contribution >= 0.6 is 0 Å². The van der Waals surface area contributed by atoms with Gasteiger partial charge in [-0.1, -0.05) is 32.3 Å². The predicted molar refractivity (Wildman–Crippen MR) is 104 cm³/mol. The number of halogens is 1. The van der Waals surface area contributed by atoms with Crippen LogP contribution in [0.15, 0.2) is 24.3 Å². The highest BCUT2D eigenvalue weighted by molar-refractivity contribution is 5.93. The van der Waals surface area contributed by atoms with Crippen molar-refractivity contribution in [1.82, 2.24) is 0 Å². The Balaban J connectivity index is 1.97. The first-order valence-corrected chi connectivity index (χ1v) is 9.39. The second-order valence-corrected chi connectivity index (χ2v) is 7.51. The van der Waals surface area contributed by atoms with Gasteiger partial charge in [0.2, 0.25) is 0 Å². The number of rotatable bonds is 5. The molecule has 1 fully saturated rings. The zero-order valence-electron chi connectivity index (χ0n) is 16.0. The van der Waals surface area contributed by atoms with Gasteiger partial charge in [-0.05, 0) is 53.8 Å². The third-order valence-corrected chi connectivity index (χ3v) is 5.40. The van der Waals surface area contributed by atoms with Gasteiger partial charge < -0.3 is 9.47 Å². The molecular weight excluding hydrogens is 343 g/mol. The Labute approximate surface area is 159 Å². The predicted octanol–water partition coefficient (Wildman–Crippen LogP) is 5.05. The summed E-state index contributed by atoms with van der Waals surface area (Å²) in [6.45, 7) is 4.59. The fourth-order valence-electron chi connectivity index (χ4n) is 4.05. The Morgan fingerprint density at radius 1 is 1.33 bits per heavy atom. The van der Waals surface area contributed by atoms with Crippen molar-refractivity contribution >= 4 is 16.7 Å². The van der Waals surface area contributed by atoms with E-state index in [1.165, 1.54) is 6.07 Å². The van der Waals surface area contributed by atoms with Crippen molar-refractivity contribution in [3.63, 3.8) is 0 Å². The molecule has 0 N–H and O–H groups in total. The minimum absolute atomic E-state index is 0.104. The molecular formula is C23H25FO3. The van der Waals surface area contributed by atoms with Crippen molar-refractivity contribution in [2.24, 2.45) is 11.8 Å². The lowest BCUT2D eigenvalue weighted by Gasteiger charge is -2.19. The SMILES string of the molecule is C#Cc1c(F)ccc2cc(OC(=O)C3CCC[C@H]3COC)cc(C(C)C)c12. The van der Waals surface area contributed by atoms with Gasteiger partial charge in [-0.15, -0.1) is 6.42 Å². The number of carbonyl (C=O) groups is 1. The van der Waals surface area contributed by atoms with Crippen molar-refractivity contribution in [3.05, 3.63) is 41.2 Å². The van der Waals surface area contributed by atoms with E-state index in [0.29, 0.717) is 17.7 Å². The van der Waals surface area contributed by atoms with Gasteiger partial charge in [0.15, 0.2) is 0 Å². The van der Waals surface area contributed by atoms with E-state index in [1.54, 1.807) is 19.2 Å². The number of hydrogen-bond acceptors (Lipinski definition) is 3. The lowest BCUT2D eigenvalue weighted by Crippen LogP contribution is -2.26. The van der Waals surface area contributed by atoms with E-state index >= 15 is 0 Å². The van der Waals surface area contributed by atoms with E-state index in [-0.39, 0.29) is 29.3 Å². The smallest absolute Gasteiger partial charge is 0.314 e. The molecule has 0 radical (unpaired) electrons. The molecule has 0 saturated heterocycles. The van der Waals surface area contributed by atoms with Crippen LogP contribution in [0.25, 0.3) is 10.8 Å². The number of esters is 1. The summed E-state index contributed by atoms with van der Waals surface area (Å²) in [7, 11) is 1.65. The molecule has 0 aromatic heterocycles. The molecule has 1 aliphatic carbocycles. The minimum Gasteiger partial charge on any atom is -0.426 e. The Bertz CT molecular complexity index is 895. The van der Waals surface area contributed by atoms with Gasteiger partial charge in [-0.25, -0.2) is 4.39 Å². The largest absolute Gasteiger partial charge is 0.426 e. The average molecular weight is 368 g/mol. The van der Waals surface area contributed by atoms with Crippen LogP contribution in [0.5, 0.6) is 5.75 Å². The third-order valence-electron chi connectivity index (χ3n) is 5.40. The molecule has 0 heterocycles. The molecule has 1 unspecified atom stereocenters. The average Bonchev–Trinajstić information content (AvgIpc) is 3.10. The number of carbonyl (C=O) groups excluding carboxylic acids is 1. The number of ether oxygens (including phenoxy) is 2. The van der Waals surface area contributed by atoms with Gasteiger partial charge in [0, 0.05) is 19.1 Å². The third kappa shape index (κ3) is 3.84. The lowest BCUT2D eigenvalue weighted by atomic mass is 9.92. The van der Waals surface area contributed by atoms with Gasteiger partial charge in [0.05, 0.1) is 11.5 Å². The maximum Gasteiger partial charge on any atom is 0.314 e. The van der Waals surface area contributed by atoms with Crippen LogP contribution in [0.3, 0.4) is 0 Å².